The second-order valence-corrected chi connectivity index (χ2v) is 7.68. The van der Waals surface area contributed by atoms with E-state index < -0.39 is 0 Å². The molecule has 0 radical (unpaired) electrons. The molecule has 1 aliphatic rings. The second kappa shape index (κ2) is 8.70. The average molecular weight is 376 g/mol. The molecule has 0 N–H and O–H groups in total. The van der Waals surface area contributed by atoms with Crippen LogP contribution in [0, 0.1) is 0 Å². The van der Waals surface area contributed by atoms with Gasteiger partial charge >= 0.3 is 0 Å². The molecule has 1 aromatic heterocycles. The van der Waals surface area contributed by atoms with Crippen molar-refractivity contribution >= 4 is 0 Å². The molecular weight excluding hydrogens is 346 g/mol. The highest BCUT2D eigenvalue weighted by Gasteiger charge is 2.27. The molecule has 0 spiro atoms. The molecule has 28 heavy (non-hydrogen) atoms. The molecule has 0 atom stereocenters. The molecule has 1 saturated heterocycles. The van der Waals surface area contributed by atoms with Crippen LogP contribution >= 0.6 is 0 Å². The Morgan fingerprint density at radius 2 is 1.50 bits per heavy atom. The van der Waals surface area contributed by atoms with E-state index in [1.807, 2.05) is 6.07 Å². The number of likely N-dealkylation sites (tertiary alicyclic amines) is 1. The van der Waals surface area contributed by atoms with E-state index in [9.17, 15) is 0 Å². The summed E-state index contributed by atoms with van der Waals surface area (Å²) in [4.78, 5) is 7.35. The van der Waals surface area contributed by atoms with Gasteiger partial charge in [0.1, 0.15) is 0 Å². The Bertz CT molecular complexity index is 860. The van der Waals surface area contributed by atoms with Gasteiger partial charge in [-0.05, 0) is 62.0 Å². The standard InChI is InChI=1S/C24H29N3O/c1-3-22(4-2)27-16-14-20(15-17-27)23-25-24(28-26-23)21-12-10-19(11-13-21)18-8-6-5-7-9-18/h5-13,20,22H,3-4,14-17H2,1-2H3. The number of nitrogens with zero attached hydrogens (tertiary/aromatic N) is 3. The van der Waals surface area contributed by atoms with E-state index in [4.69, 9.17) is 9.51 Å². The smallest absolute Gasteiger partial charge is 0.257 e. The average Bonchev–Trinajstić information content (AvgIpc) is 3.26. The highest BCUT2D eigenvalue weighted by molar-refractivity contribution is 5.67. The van der Waals surface area contributed by atoms with Gasteiger partial charge in [-0.2, -0.15) is 4.98 Å². The summed E-state index contributed by atoms with van der Waals surface area (Å²) in [5, 5.41) is 4.30. The topological polar surface area (TPSA) is 42.2 Å². The van der Waals surface area contributed by atoms with Crippen molar-refractivity contribution in [3.63, 3.8) is 0 Å². The predicted octanol–water partition coefficient (Wildman–Crippen LogP) is 5.77. The maximum atomic E-state index is 5.59. The Morgan fingerprint density at radius 3 is 2.14 bits per heavy atom. The first-order valence-corrected chi connectivity index (χ1v) is 10.5. The molecule has 1 fully saturated rings. The molecule has 146 valence electrons. The minimum Gasteiger partial charge on any atom is -0.334 e. The van der Waals surface area contributed by atoms with Crippen molar-refractivity contribution in [1.82, 2.24) is 15.0 Å². The molecule has 0 saturated carbocycles. The largest absolute Gasteiger partial charge is 0.334 e. The van der Waals surface area contributed by atoms with Crippen LogP contribution in [0.3, 0.4) is 0 Å². The third-order valence-electron chi connectivity index (χ3n) is 6.03. The summed E-state index contributed by atoms with van der Waals surface area (Å²) in [6.07, 6.45) is 4.68. The van der Waals surface area contributed by atoms with Gasteiger partial charge in [0.15, 0.2) is 5.82 Å². The van der Waals surface area contributed by atoms with Crippen molar-refractivity contribution in [2.75, 3.05) is 13.1 Å². The van der Waals surface area contributed by atoms with E-state index >= 15 is 0 Å². The van der Waals surface area contributed by atoms with Crippen LogP contribution in [0.5, 0.6) is 0 Å². The lowest BCUT2D eigenvalue weighted by Crippen LogP contribution is -2.40. The lowest BCUT2D eigenvalue weighted by molar-refractivity contribution is 0.142. The van der Waals surface area contributed by atoms with Gasteiger partial charge in [0.25, 0.3) is 5.89 Å². The second-order valence-electron chi connectivity index (χ2n) is 7.68. The lowest BCUT2D eigenvalue weighted by atomic mass is 9.94. The highest BCUT2D eigenvalue weighted by Crippen LogP contribution is 2.30. The van der Waals surface area contributed by atoms with Gasteiger partial charge in [-0.3, -0.25) is 0 Å². The van der Waals surface area contributed by atoms with Gasteiger partial charge in [-0.15, -0.1) is 0 Å². The van der Waals surface area contributed by atoms with Crippen molar-refractivity contribution in [2.24, 2.45) is 0 Å². The number of aromatic nitrogens is 2. The molecule has 2 heterocycles. The van der Waals surface area contributed by atoms with E-state index in [1.165, 1.54) is 24.0 Å². The summed E-state index contributed by atoms with van der Waals surface area (Å²) < 4.78 is 5.59. The minimum atomic E-state index is 0.409. The van der Waals surface area contributed by atoms with Crippen LogP contribution in [0.4, 0.5) is 0 Å². The van der Waals surface area contributed by atoms with Crippen LogP contribution < -0.4 is 0 Å². The van der Waals surface area contributed by atoms with Crippen molar-refractivity contribution in [2.45, 2.75) is 51.5 Å². The van der Waals surface area contributed by atoms with Crippen molar-refractivity contribution in [1.29, 1.82) is 0 Å². The molecule has 4 nitrogen and oxygen atoms in total. The molecule has 2 aromatic carbocycles. The van der Waals surface area contributed by atoms with Crippen LogP contribution in [-0.4, -0.2) is 34.2 Å². The zero-order chi connectivity index (χ0) is 19.3. The third kappa shape index (κ3) is 4.02. The van der Waals surface area contributed by atoms with Gasteiger partial charge in [0.05, 0.1) is 0 Å². The van der Waals surface area contributed by atoms with Crippen LogP contribution in [-0.2, 0) is 0 Å². The summed E-state index contributed by atoms with van der Waals surface area (Å²) >= 11 is 0. The number of rotatable bonds is 6. The van der Waals surface area contributed by atoms with E-state index in [-0.39, 0.29) is 0 Å². The summed E-state index contributed by atoms with van der Waals surface area (Å²) in [6, 6.07) is 19.5. The molecule has 4 heteroatoms. The molecule has 0 aliphatic carbocycles. The zero-order valence-corrected chi connectivity index (χ0v) is 16.8. The first-order valence-electron chi connectivity index (χ1n) is 10.5. The van der Waals surface area contributed by atoms with Gasteiger partial charge < -0.3 is 9.42 Å². The highest BCUT2D eigenvalue weighted by atomic mass is 16.5. The van der Waals surface area contributed by atoms with Crippen molar-refractivity contribution in [3.05, 3.63) is 60.4 Å². The Labute approximate surface area is 167 Å². The Kier molecular flexibility index (Phi) is 5.87. The molecule has 3 aromatic rings. The lowest BCUT2D eigenvalue weighted by Gasteiger charge is -2.36. The fourth-order valence-electron chi connectivity index (χ4n) is 4.28. The molecule has 0 bridgehead atoms. The van der Waals surface area contributed by atoms with Crippen LogP contribution in [0.25, 0.3) is 22.6 Å². The van der Waals surface area contributed by atoms with E-state index in [1.54, 1.807) is 0 Å². The van der Waals surface area contributed by atoms with Crippen LogP contribution in [0.15, 0.2) is 59.1 Å². The van der Waals surface area contributed by atoms with Crippen LogP contribution in [0.2, 0.25) is 0 Å². The van der Waals surface area contributed by atoms with Gasteiger partial charge in [-0.25, -0.2) is 0 Å². The van der Waals surface area contributed by atoms with Crippen LogP contribution in [0.1, 0.15) is 51.3 Å². The van der Waals surface area contributed by atoms with Crippen molar-refractivity contribution in [3.8, 4) is 22.6 Å². The molecule has 4 rings (SSSR count). The summed E-state index contributed by atoms with van der Waals surface area (Å²) in [6.45, 7) is 6.84. The minimum absolute atomic E-state index is 0.409. The Balaban J connectivity index is 1.42. The van der Waals surface area contributed by atoms with Gasteiger partial charge in [-0.1, -0.05) is 61.5 Å². The predicted molar refractivity (Wildman–Crippen MR) is 113 cm³/mol. The number of benzene rings is 2. The monoisotopic (exact) mass is 375 g/mol. The molecular formula is C24H29N3O. The first-order chi connectivity index (χ1) is 13.8. The number of hydrogen-bond donors (Lipinski definition) is 0. The zero-order valence-electron chi connectivity index (χ0n) is 16.8. The maximum absolute atomic E-state index is 5.59. The fraction of sp³-hybridized carbons (Fsp3) is 0.417. The Morgan fingerprint density at radius 1 is 0.893 bits per heavy atom. The maximum Gasteiger partial charge on any atom is 0.257 e. The molecule has 0 amide bonds. The quantitative estimate of drug-likeness (QED) is 0.548. The third-order valence-corrected chi connectivity index (χ3v) is 6.03. The number of hydrogen-bond acceptors (Lipinski definition) is 4. The van der Waals surface area contributed by atoms with E-state index in [2.05, 4.69) is 72.4 Å². The summed E-state index contributed by atoms with van der Waals surface area (Å²) in [5.74, 6) is 1.90. The van der Waals surface area contributed by atoms with Gasteiger partial charge in [0.2, 0.25) is 0 Å². The SMILES string of the molecule is CCC(CC)N1CCC(c2noc(-c3ccc(-c4ccccc4)cc3)n2)CC1. The normalized spacial score (nSPS) is 16.0. The summed E-state index contributed by atoms with van der Waals surface area (Å²) in [5.41, 5.74) is 3.38. The van der Waals surface area contributed by atoms with E-state index in [0.29, 0.717) is 17.9 Å². The van der Waals surface area contributed by atoms with Crippen molar-refractivity contribution < 1.29 is 4.52 Å². The number of piperidine rings is 1. The molecule has 1 aliphatic heterocycles. The molecule has 0 unspecified atom stereocenters. The first kappa shape index (κ1) is 18.9. The van der Waals surface area contributed by atoms with E-state index in [0.717, 1.165) is 37.3 Å². The fourth-order valence-corrected chi connectivity index (χ4v) is 4.28. The Hall–Kier alpha value is -2.46. The summed E-state index contributed by atoms with van der Waals surface area (Å²) in [7, 11) is 0. The van der Waals surface area contributed by atoms with Gasteiger partial charge in [0, 0.05) is 17.5 Å².